The molecule has 0 aliphatic rings. The van der Waals surface area contributed by atoms with E-state index in [1.807, 2.05) is 31.2 Å². The molecule has 0 amide bonds. The van der Waals surface area contributed by atoms with Crippen molar-refractivity contribution in [3.05, 3.63) is 39.9 Å². The summed E-state index contributed by atoms with van der Waals surface area (Å²) in [6.45, 7) is 2.61. The van der Waals surface area contributed by atoms with Crippen LogP contribution < -0.4 is 5.32 Å². The molecule has 4 heteroatoms. The lowest BCUT2D eigenvalue weighted by Gasteiger charge is -2.08. The van der Waals surface area contributed by atoms with Crippen molar-refractivity contribution in [3.63, 3.8) is 0 Å². The van der Waals surface area contributed by atoms with Gasteiger partial charge in [0.05, 0.1) is 10.7 Å². The molecule has 0 saturated carbocycles. The molecule has 0 atom stereocenters. The van der Waals surface area contributed by atoms with Gasteiger partial charge in [0, 0.05) is 17.4 Å². The van der Waals surface area contributed by atoms with E-state index in [2.05, 4.69) is 5.32 Å². The molecule has 82 valence electrons. The lowest BCUT2D eigenvalue weighted by Crippen LogP contribution is -1.99. The van der Waals surface area contributed by atoms with E-state index in [9.17, 15) is 0 Å². The molecule has 1 nitrogen and oxygen atoms in total. The molecule has 0 bridgehead atoms. The van der Waals surface area contributed by atoms with Crippen molar-refractivity contribution in [2.45, 2.75) is 6.92 Å². The number of aryl methyl sites for hydroxylation is 1. The van der Waals surface area contributed by atoms with Gasteiger partial charge in [-0.1, -0.05) is 35.4 Å². The predicted molar refractivity (Wildman–Crippen MR) is 69.5 cm³/mol. The van der Waals surface area contributed by atoms with E-state index in [0.717, 1.165) is 11.3 Å². The Balaban J connectivity index is 2.69. The maximum Gasteiger partial charge on any atom is 0.0641 e. The Morgan fingerprint density at radius 2 is 1.93 bits per heavy atom. The van der Waals surface area contributed by atoms with Gasteiger partial charge in [-0.25, -0.2) is 0 Å². The zero-order valence-corrected chi connectivity index (χ0v) is 10.6. The van der Waals surface area contributed by atoms with Crippen molar-refractivity contribution in [1.29, 1.82) is 0 Å². The smallest absolute Gasteiger partial charge is 0.0641 e. The summed E-state index contributed by atoms with van der Waals surface area (Å²) >= 11 is 17.5. The molecular formula is C11H12Cl3N. The van der Waals surface area contributed by atoms with Crippen molar-refractivity contribution in [2.24, 2.45) is 0 Å². The summed E-state index contributed by atoms with van der Waals surface area (Å²) in [7, 11) is 0. The number of benzene rings is 1. The molecule has 0 unspecified atom stereocenters. The molecule has 0 fully saturated rings. The van der Waals surface area contributed by atoms with E-state index in [1.165, 1.54) is 0 Å². The highest BCUT2D eigenvalue weighted by molar-refractivity contribution is 6.35. The lowest BCUT2D eigenvalue weighted by atomic mass is 10.2. The number of alkyl halides is 1. The molecular weight excluding hydrogens is 252 g/mol. The fraction of sp³-hybridized carbons (Fsp3) is 0.273. The number of allylic oxidation sites excluding steroid dienone is 1. The largest absolute Gasteiger partial charge is 0.380 e. The van der Waals surface area contributed by atoms with Gasteiger partial charge < -0.3 is 5.32 Å². The summed E-state index contributed by atoms with van der Waals surface area (Å²) in [4.78, 5) is 0. The minimum Gasteiger partial charge on any atom is -0.380 e. The fourth-order valence-electron chi connectivity index (χ4n) is 1.10. The Morgan fingerprint density at radius 1 is 1.20 bits per heavy atom. The Kier molecular flexibility index (Phi) is 5.30. The summed E-state index contributed by atoms with van der Waals surface area (Å²) < 4.78 is 0. The number of anilines is 1. The molecule has 0 radical (unpaired) electrons. The molecule has 0 saturated heterocycles. The topological polar surface area (TPSA) is 12.0 Å². The van der Waals surface area contributed by atoms with Crippen LogP contribution in [0.5, 0.6) is 0 Å². The molecule has 1 aromatic rings. The molecule has 0 aromatic heterocycles. The van der Waals surface area contributed by atoms with Gasteiger partial charge >= 0.3 is 0 Å². The van der Waals surface area contributed by atoms with Crippen LogP contribution in [-0.4, -0.2) is 12.4 Å². The molecule has 0 aliphatic heterocycles. The zero-order valence-electron chi connectivity index (χ0n) is 8.36. The highest BCUT2D eigenvalue weighted by Gasteiger charge is 2.02. The number of hydrogen-bond donors (Lipinski definition) is 1. The first kappa shape index (κ1) is 12.7. The zero-order chi connectivity index (χ0) is 11.3. The van der Waals surface area contributed by atoms with Crippen LogP contribution in [0.3, 0.4) is 0 Å². The molecule has 1 aromatic carbocycles. The van der Waals surface area contributed by atoms with Gasteiger partial charge in [-0.3, -0.25) is 0 Å². The van der Waals surface area contributed by atoms with Gasteiger partial charge in [0.25, 0.3) is 0 Å². The van der Waals surface area contributed by atoms with Crippen molar-refractivity contribution >= 4 is 40.5 Å². The lowest BCUT2D eigenvalue weighted by molar-refractivity contribution is 1.32. The number of rotatable bonds is 4. The van der Waals surface area contributed by atoms with Crippen LogP contribution in [0, 0.1) is 6.92 Å². The Labute approximate surface area is 105 Å². The summed E-state index contributed by atoms with van der Waals surface area (Å²) in [5, 5.41) is 4.54. The van der Waals surface area contributed by atoms with Gasteiger partial charge in [0.1, 0.15) is 0 Å². The van der Waals surface area contributed by atoms with E-state index in [4.69, 9.17) is 34.8 Å². The monoisotopic (exact) mass is 263 g/mol. The third-order valence-corrected chi connectivity index (χ3v) is 2.81. The Bertz CT molecular complexity index is 361. The van der Waals surface area contributed by atoms with Crippen LogP contribution >= 0.6 is 34.8 Å². The molecule has 0 aliphatic carbocycles. The third kappa shape index (κ3) is 3.94. The third-order valence-electron chi connectivity index (χ3n) is 1.91. The summed E-state index contributed by atoms with van der Waals surface area (Å²) in [5.74, 6) is 0.518. The highest BCUT2D eigenvalue weighted by atomic mass is 35.5. The van der Waals surface area contributed by atoms with Crippen LogP contribution in [0.15, 0.2) is 24.3 Å². The van der Waals surface area contributed by atoms with Crippen LogP contribution in [0.1, 0.15) is 5.56 Å². The van der Waals surface area contributed by atoms with Crippen molar-refractivity contribution < 1.29 is 0 Å². The summed E-state index contributed by atoms with van der Waals surface area (Å²) in [6.07, 6.45) is 3.81. The second-order valence-electron chi connectivity index (χ2n) is 3.09. The van der Waals surface area contributed by atoms with Crippen molar-refractivity contribution in [1.82, 2.24) is 0 Å². The maximum atomic E-state index is 6.04. The SMILES string of the molecule is Cc1cc(Cl)c(NC/C=C/CCl)cc1Cl. The van der Waals surface area contributed by atoms with E-state index in [0.29, 0.717) is 22.5 Å². The highest BCUT2D eigenvalue weighted by Crippen LogP contribution is 2.28. The fourth-order valence-corrected chi connectivity index (χ4v) is 1.67. The van der Waals surface area contributed by atoms with Gasteiger partial charge in [0.2, 0.25) is 0 Å². The summed E-state index contributed by atoms with van der Waals surface area (Å²) in [5.41, 5.74) is 1.81. The van der Waals surface area contributed by atoms with E-state index in [1.54, 1.807) is 0 Å². The Hall–Kier alpha value is -0.370. The number of hydrogen-bond acceptors (Lipinski definition) is 1. The first-order chi connectivity index (χ1) is 7.15. The maximum absolute atomic E-state index is 6.04. The minimum atomic E-state index is 0.518. The van der Waals surface area contributed by atoms with E-state index < -0.39 is 0 Å². The van der Waals surface area contributed by atoms with Crippen LogP contribution in [0.25, 0.3) is 0 Å². The van der Waals surface area contributed by atoms with Crippen LogP contribution in [0.2, 0.25) is 10.0 Å². The summed E-state index contributed by atoms with van der Waals surface area (Å²) in [6, 6.07) is 3.67. The van der Waals surface area contributed by atoms with Gasteiger partial charge in [0.15, 0.2) is 0 Å². The second-order valence-corrected chi connectivity index (χ2v) is 4.21. The molecule has 0 spiro atoms. The molecule has 15 heavy (non-hydrogen) atoms. The van der Waals surface area contributed by atoms with E-state index >= 15 is 0 Å². The first-order valence-corrected chi connectivity index (χ1v) is 5.84. The van der Waals surface area contributed by atoms with Crippen LogP contribution in [0.4, 0.5) is 5.69 Å². The molecule has 1 rings (SSSR count). The van der Waals surface area contributed by atoms with Crippen molar-refractivity contribution in [2.75, 3.05) is 17.7 Å². The van der Waals surface area contributed by atoms with Gasteiger partial charge in [-0.15, -0.1) is 11.6 Å². The standard InChI is InChI=1S/C11H12Cl3N/c1-8-6-10(14)11(7-9(8)13)15-5-3-2-4-12/h2-3,6-7,15H,4-5H2,1H3/b3-2+. The minimum absolute atomic E-state index is 0.518. The normalized spacial score (nSPS) is 10.9. The first-order valence-electron chi connectivity index (χ1n) is 4.55. The average molecular weight is 265 g/mol. The van der Waals surface area contributed by atoms with Crippen LogP contribution in [-0.2, 0) is 0 Å². The Morgan fingerprint density at radius 3 is 2.60 bits per heavy atom. The second kappa shape index (κ2) is 6.26. The molecule has 1 N–H and O–H groups in total. The van der Waals surface area contributed by atoms with E-state index in [-0.39, 0.29) is 0 Å². The number of nitrogens with one attached hydrogen (secondary N) is 1. The van der Waals surface area contributed by atoms with Crippen molar-refractivity contribution in [3.8, 4) is 0 Å². The predicted octanol–water partition coefficient (Wildman–Crippen LogP) is 4.51. The number of halogens is 3. The van der Waals surface area contributed by atoms with Gasteiger partial charge in [-0.05, 0) is 24.6 Å². The average Bonchev–Trinajstić information content (AvgIpc) is 2.20. The molecule has 0 heterocycles. The van der Waals surface area contributed by atoms with Gasteiger partial charge in [-0.2, -0.15) is 0 Å². The quantitative estimate of drug-likeness (QED) is 0.623.